The van der Waals surface area contributed by atoms with Crippen LogP contribution in [-0.2, 0) is 0 Å². The van der Waals surface area contributed by atoms with Crippen LogP contribution in [0.5, 0.6) is 0 Å². The molecule has 0 aromatic heterocycles. The van der Waals surface area contributed by atoms with Gasteiger partial charge in [-0.15, -0.1) is 0 Å². The molecule has 0 aliphatic rings. The molecule has 0 aliphatic carbocycles. The van der Waals surface area contributed by atoms with Crippen LogP contribution < -0.4 is 9.80 Å². The van der Waals surface area contributed by atoms with Gasteiger partial charge in [-0.05, 0) is 150 Å². The maximum atomic E-state index is 2.51. The van der Waals surface area contributed by atoms with E-state index in [1.165, 1.54) is 88.2 Å². The fourth-order valence-corrected chi connectivity index (χ4v) is 10.1. The van der Waals surface area contributed by atoms with Crippen molar-refractivity contribution in [2.45, 2.75) is 79.1 Å². The van der Waals surface area contributed by atoms with Crippen LogP contribution in [0.15, 0.2) is 194 Å². The highest BCUT2D eigenvalue weighted by molar-refractivity contribution is 6.29. The van der Waals surface area contributed by atoms with E-state index in [-0.39, 0.29) is 11.8 Å². The summed E-state index contributed by atoms with van der Waals surface area (Å²) in [7, 11) is 0. The lowest BCUT2D eigenvalue weighted by molar-refractivity contribution is 0.866. The topological polar surface area (TPSA) is 6.48 Å². The molecule has 0 spiro atoms. The van der Waals surface area contributed by atoms with Gasteiger partial charge >= 0.3 is 0 Å². The third-order valence-corrected chi connectivity index (χ3v) is 13.7. The fraction of sp³-hybridized carbons (Fsp3) is 0.188. The Hall–Kier alpha value is -7.16. The Bertz CT molecular complexity index is 3060. The van der Waals surface area contributed by atoms with Crippen molar-refractivity contribution in [1.29, 1.82) is 0 Å². The van der Waals surface area contributed by atoms with Gasteiger partial charge in [0.1, 0.15) is 0 Å². The molecule has 10 aromatic carbocycles. The van der Waals surface area contributed by atoms with Gasteiger partial charge in [0.05, 0.1) is 11.4 Å². The summed E-state index contributed by atoms with van der Waals surface area (Å²) in [5.41, 5.74) is 17.1. The van der Waals surface area contributed by atoms with E-state index in [9.17, 15) is 0 Å². The minimum Gasteiger partial charge on any atom is -0.310 e. The Kier molecular flexibility index (Phi) is 11.5. The van der Waals surface area contributed by atoms with Crippen molar-refractivity contribution >= 4 is 66.4 Å². The van der Waals surface area contributed by atoms with E-state index in [1.54, 1.807) is 0 Å². The summed E-state index contributed by atoms with van der Waals surface area (Å²) >= 11 is 0. The zero-order valence-corrected chi connectivity index (χ0v) is 39.7. The SMILES string of the molecule is CC(C)c1ccc(N(c2cccc(-c3ccccc3)c2)c2cc(C(C)C)c3ccc4c(N(c5ccc(C(C)C)cc5)c5cccc(-c6ccccc6)c5)cc(C(C)C)c5ccc2c3c54)cc1. The molecule has 2 nitrogen and oxygen atoms in total. The molecule has 10 rings (SSSR count). The molecular weight excluding hydrogens is 797 g/mol. The van der Waals surface area contributed by atoms with E-state index < -0.39 is 0 Å². The van der Waals surface area contributed by atoms with Crippen molar-refractivity contribution in [3.63, 3.8) is 0 Å². The second-order valence-electron chi connectivity index (χ2n) is 19.3. The van der Waals surface area contributed by atoms with Crippen LogP contribution in [-0.4, -0.2) is 0 Å². The van der Waals surface area contributed by atoms with Crippen LogP contribution >= 0.6 is 0 Å². The molecule has 0 atom stereocenters. The predicted octanol–water partition coefficient (Wildman–Crippen LogP) is 19.4. The molecule has 0 heterocycles. The van der Waals surface area contributed by atoms with Crippen molar-refractivity contribution in [3.05, 3.63) is 216 Å². The second-order valence-corrected chi connectivity index (χ2v) is 19.3. The van der Waals surface area contributed by atoms with Gasteiger partial charge < -0.3 is 9.80 Å². The summed E-state index contributed by atoms with van der Waals surface area (Å²) in [6.45, 7) is 18.5. The molecule has 2 heteroatoms. The van der Waals surface area contributed by atoms with E-state index in [2.05, 4.69) is 259 Å². The molecule has 0 fully saturated rings. The van der Waals surface area contributed by atoms with Gasteiger partial charge in [-0.3, -0.25) is 0 Å². The predicted molar refractivity (Wildman–Crippen MR) is 287 cm³/mol. The van der Waals surface area contributed by atoms with Crippen molar-refractivity contribution in [2.24, 2.45) is 0 Å². The number of hydrogen-bond acceptors (Lipinski definition) is 2. The molecule has 0 amide bonds. The Morgan fingerprint density at radius 1 is 0.273 bits per heavy atom. The highest BCUT2D eigenvalue weighted by Crippen LogP contribution is 2.51. The third kappa shape index (κ3) is 7.79. The average Bonchev–Trinajstić information content (AvgIpc) is 3.34. The van der Waals surface area contributed by atoms with Crippen molar-refractivity contribution < 1.29 is 0 Å². The molecule has 66 heavy (non-hydrogen) atoms. The quantitative estimate of drug-likeness (QED) is 0.113. The molecule has 0 bridgehead atoms. The fourth-order valence-electron chi connectivity index (χ4n) is 10.1. The number of benzene rings is 10. The van der Waals surface area contributed by atoms with Crippen LogP contribution in [0.4, 0.5) is 34.1 Å². The Labute approximate surface area is 392 Å². The van der Waals surface area contributed by atoms with Crippen LogP contribution in [0.3, 0.4) is 0 Å². The van der Waals surface area contributed by atoms with E-state index in [1.807, 2.05) is 0 Å². The van der Waals surface area contributed by atoms with Crippen molar-refractivity contribution in [3.8, 4) is 22.3 Å². The number of hydrogen-bond donors (Lipinski definition) is 0. The molecule has 0 unspecified atom stereocenters. The minimum atomic E-state index is 0.287. The van der Waals surface area contributed by atoms with Crippen LogP contribution in [0, 0.1) is 0 Å². The minimum absolute atomic E-state index is 0.287. The van der Waals surface area contributed by atoms with E-state index >= 15 is 0 Å². The van der Waals surface area contributed by atoms with Gasteiger partial charge in [-0.2, -0.15) is 0 Å². The Balaban J connectivity index is 1.28. The Morgan fingerprint density at radius 3 is 0.970 bits per heavy atom. The lowest BCUT2D eigenvalue weighted by Crippen LogP contribution is -2.13. The summed E-state index contributed by atoms with van der Waals surface area (Å²) in [4.78, 5) is 5.02. The summed E-state index contributed by atoms with van der Waals surface area (Å²) in [6, 6.07) is 72.8. The average molecular weight is 857 g/mol. The maximum absolute atomic E-state index is 2.51. The zero-order chi connectivity index (χ0) is 45.6. The standard InChI is InChI=1S/C64H60N2/c1-41(2)45-25-29-51(30-26-45)65(53-23-15-21-49(37-53)47-17-11-9-12-18-47)61-39-59(43(5)6)55-34-36-58-62(40-60(44(7)8)56-33-35-57(61)63(55)64(56)58)66(52-31-27-46(28-32-52)42(3)4)54-24-16-22-50(38-54)48-19-13-10-14-20-48/h9-44H,1-8H3. The molecule has 0 saturated carbocycles. The molecule has 326 valence electrons. The van der Waals surface area contributed by atoms with Crippen LogP contribution in [0.2, 0.25) is 0 Å². The van der Waals surface area contributed by atoms with E-state index in [4.69, 9.17) is 0 Å². The van der Waals surface area contributed by atoms with Gasteiger partial charge in [0.2, 0.25) is 0 Å². The first-order valence-corrected chi connectivity index (χ1v) is 23.9. The van der Waals surface area contributed by atoms with Crippen molar-refractivity contribution in [1.82, 2.24) is 0 Å². The number of anilines is 6. The summed E-state index contributed by atoms with van der Waals surface area (Å²) in [5, 5.41) is 7.78. The van der Waals surface area contributed by atoms with Gasteiger partial charge in [-0.25, -0.2) is 0 Å². The number of rotatable bonds is 12. The normalized spacial score (nSPS) is 11.9. The van der Waals surface area contributed by atoms with Gasteiger partial charge in [0.15, 0.2) is 0 Å². The van der Waals surface area contributed by atoms with Gasteiger partial charge in [0, 0.05) is 33.5 Å². The van der Waals surface area contributed by atoms with Gasteiger partial charge in [-0.1, -0.05) is 189 Å². The van der Waals surface area contributed by atoms with E-state index in [0.29, 0.717) is 11.8 Å². The van der Waals surface area contributed by atoms with Crippen LogP contribution in [0.25, 0.3) is 54.6 Å². The summed E-state index contributed by atoms with van der Waals surface area (Å²) in [5.74, 6) is 1.45. The summed E-state index contributed by atoms with van der Waals surface area (Å²) in [6.07, 6.45) is 0. The van der Waals surface area contributed by atoms with Crippen molar-refractivity contribution in [2.75, 3.05) is 9.80 Å². The first-order chi connectivity index (χ1) is 32.0. The Morgan fingerprint density at radius 2 is 0.621 bits per heavy atom. The molecule has 0 aliphatic heterocycles. The van der Waals surface area contributed by atoms with Gasteiger partial charge in [0.25, 0.3) is 0 Å². The third-order valence-electron chi connectivity index (χ3n) is 13.7. The largest absolute Gasteiger partial charge is 0.310 e. The lowest BCUT2D eigenvalue weighted by Gasteiger charge is -2.32. The number of nitrogens with zero attached hydrogens (tertiary/aromatic N) is 2. The smallest absolute Gasteiger partial charge is 0.0543 e. The molecule has 10 aromatic rings. The first kappa shape index (κ1) is 42.8. The second kappa shape index (κ2) is 17.7. The zero-order valence-electron chi connectivity index (χ0n) is 39.7. The molecule has 0 radical (unpaired) electrons. The molecular formula is C64H60N2. The van der Waals surface area contributed by atoms with E-state index in [0.717, 1.165) is 22.7 Å². The summed E-state index contributed by atoms with van der Waals surface area (Å²) < 4.78 is 0. The van der Waals surface area contributed by atoms with Crippen LogP contribution in [0.1, 0.15) is 101 Å². The highest BCUT2D eigenvalue weighted by Gasteiger charge is 2.26. The molecule has 0 saturated heterocycles. The maximum Gasteiger partial charge on any atom is 0.0543 e. The monoisotopic (exact) mass is 856 g/mol. The highest BCUT2D eigenvalue weighted by atomic mass is 15.2. The molecule has 0 N–H and O–H groups in total. The lowest BCUT2D eigenvalue weighted by atomic mass is 9.84. The first-order valence-electron chi connectivity index (χ1n) is 23.9.